The third kappa shape index (κ3) is 3.55. The van der Waals surface area contributed by atoms with Crippen LogP contribution in [0.1, 0.15) is 13.3 Å². The molecule has 0 unspecified atom stereocenters. The van der Waals surface area contributed by atoms with Gasteiger partial charge in [-0.15, -0.1) is 0 Å². The second-order valence-corrected chi connectivity index (χ2v) is 1.56. The molecule has 45 valence electrons. The maximum absolute atomic E-state index is 10.2. The summed E-state index contributed by atoms with van der Waals surface area (Å²) >= 11 is 4.05. The minimum Gasteiger partial charge on any atom is -0.283 e. The highest BCUT2D eigenvalue weighted by Gasteiger charge is 1.97. The van der Waals surface area contributed by atoms with Gasteiger partial charge in [-0.25, -0.2) is 0 Å². The van der Waals surface area contributed by atoms with E-state index in [4.69, 9.17) is 0 Å². The Morgan fingerprint density at radius 1 is 1.75 bits per heavy atom. The Kier molecular flexibility index (Phi) is 3.10. The molecule has 0 aromatic carbocycles. The number of carbonyl (C=O) groups is 1. The van der Waals surface area contributed by atoms with Crippen molar-refractivity contribution in [3.63, 3.8) is 0 Å². The predicted octanol–water partition coefficient (Wildman–Crippen LogP) is 0.228. The van der Waals surface area contributed by atoms with Gasteiger partial charge in [0.15, 0.2) is 0 Å². The topological polar surface area (TPSA) is 49.0 Å². The van der Waals surface area contributed by atoms with Crippen molar-refractivity contribution < 1.29 is 9.90 Å². The second kappa shape index (κ2) is 3.37. The van der Waals surface area contributed by atoms with Crippen LogP contribution in [0.4, 0.5) is 0 Å². The molecule has 4 heteroatoms. The first kappa shape index (κ1) is 7.36. The molecule has 3 nitrogen and oxygen atoms in total. The minimum absolute atomic E-state index is 0.294. The Labute approximate surface area is 52.7 Å². The first-order valence-corrected chi connectivity index (χ1v) is 2.58. The molecule has 8 heavy (non-hydrogen) atoms. The van der Waals surface area contributed by atoms with Crippen LogP contribution in [-0.4, -0.2) is 11.1 Å². The molecule has 0 aromatic heterocycles. The van der Waals surface area contributed by atoms with Crippen molar-refractivity contribution in [1.29, 1.82) is 0 Å². The van der Waals surface area contributed by atoms with Gasteiger partial charge in [-0.2, -0.15) is 0 Å². The van der Waals surface area contributed by atoms with Crippen LogP contribution in [-0.2, 0) is 9.90 Å². The fourth-order valence-corrected chi connectivity index (χ4v) is 0.316. The van der Waals surface area contributed by atoms with Gasteiger partial charge in [-0.1, -0.05) is 6.92 Å². The highest BCUT2D eigenvalue weighted by Crippen LogP contribution is 1.73. The second-order valence-electron chi connectivity index (χ2n) is 1.19. The van der Waals surface area contributed by atoms with Crippen LogP contribution >= 0.6 is 12.2 Å². The zero-order chi connectivity index (χ0) is 6.57. The number of amides is 1. The van der Waals surface area contributed by atoms with Crippen molar-refractivity contribution in [3.8, 4) is 0 Å². The van der Waals surface area contributed by atoms with Crippen LogP contribution in [0.15, 0.2) is 0 Å². The number of nitrogens with one attached hydrogen (secondary N) is 1. The van der Waals surface area contributed by atoms with E-state index in [1.54, 1.807) is 6.92 Å². The molecule has 0 aromatic rings. The minimum atomic E-state index is -0.711. The van der Waals surface area contributed by atoms with Crippen LogP contribution in [0, 0.1) is 0 Å². The SMILES string of the molecule is CCC(=O)NC([O])=S. The van der Waals surface area contributed by atoms with E-state index in [2.05, 4.69) is 12.2 Å². The van der Waals surface area contributed by atoms with E-state index in [-0.39, 0.29) is 5.91 Å². The molecule has 0 bridgehead atoms. The molecule has 0 aliphatic carbocycles. The van der Waals surface area contributed by atoms with Gasteiger partial charge in [0.25, 0.3) is 0 Å². The summed E-state index contributed by atoms with van der Waals surface area (Å²) in [5.74, 6) is -0.329. The highest BCUT2D eigenvalue weighted by molar-refractivity contribution is 7.79. The molecular weight excluding hydrogens is 126 g/mol. The molecule has 0 spiro atoms. The maximum Gasteiger partial charge on any atom is 0.317 e. The number of hydrogen-bond acceptors (Lipinski definition) is 2. The van der Waals surface area contributed by atoms with E-state index in [1.165, 1.54) is 0 Å². The molecule has 0 saturated carbocycles. The molecule has 0 aliphatic heterocycles. The Balaban J connectivity index is 3.40. The Morgan fingerprint density at radius 2 is 2.25 bits per heavy atom. The van der Waals surface area contributed by atoms with E-state index in [0.717, 1.165) is 0 Å². The first-order chi connectivity index (χ1) is 3.66. The molecule has 1 N–H and O–H groups in total. The number of rotatable bonds is 1. The molecule has 0 fully saturated rings. The summed E-state index contributed by atoms with van der Waals surface area (Å²) in [6.07, 6.45) is 0.294. The van der Waals surface area contributed by atoms with Gasteiger partial charge in [0.05, 0.1) is 0 Å². The van der Waals surface area contributed by atoms with Gasteiger partial charge in [0.2, 0.25) is 5.91 Å². The van der Waals surface area contributed by atoms with Crippen molar-refractivity contribution >= 4 is 23.3 Å². The molecular formula is C4H6NO2S. The third-order valence-electron chi connectivity index (χ3n) is 0.563. The Bertz CT molecular complexity index is 113. The zero-order valence-corrected chi connectivity index (χ0v) is 5.25. The molecule has 1 radical (unpaired) electrons. The summed E-state index contributed by atoms with van der Waals surface area (Å²) in [6, 6.07) is 0. The lowest BCUT2D eigenvalue weighted by Gasteiger charge is -1.91. The van der Waals surface area contributed by atoms with Crippen LogP contribution in [0.5, 0.6) is 0 Å². The summed E-state index contributed by atoms with van der Waals surface area (Å²) in [7, 11) is 0. The van der Waals surface area contributed by atoms with E-state index in [9.17, 15) is 9.90 Å². The van der Waals surface area contributed by atoms with Gasteiger partial charge in [-0.3, -0.25) is 15.2 Å². The number of thiocarbonyl (C=S) groups is 1. The van der Waals surface area contributed by atoms with Crippen LogP contribution < -0.4 is 5.32 Å². The largest absolute Gasteiger partial charge is 0.317 e. The normalized spacial score (nSPS) is 8.12. The number of carbonyl (C=O) groups excluding carboxylic acids is 1. The van der Waals surface area contributed by atoms with Gasteiger partial charge < -0.3 is 0 Å². The average molecular weight is 132 g/mol. The fraction of sp³-hybridized carbons (Fsp3) is 0.500. The van der Waals surface area contributed by atoms with Crippen LogP contribution in [0.3, 0.4) is 0 Å². The lowest BCUT2D eigenvalue weighted by molar-refractivity contribution is -0.119. The van der Waals surface area contributed by atoms with Crippen molar-refractivity contribution in [2.45, 2.75) is 13.3 Å². The Hall–Kier alpha value is -0.640. The summed E-state index contributed by atoms with van der Waals surface area (Å²) in [5, 5.41) is 11.1. The van der Waals surface area contributed by atoms with Gasteiger partial charge in [0.1, 0.15) is 0 Å². The lowest BCUT2D eigenvalue weighted by Crippen LogP contribution is -2.26. The number of hydrogen-bond donors (Lipinski definition) is 1. The van der Waals surface area contributed by atoms with E-state index >= 15 is 0 Å². The average Bonchev–Trinajstić information content (AvgIpc) is 1.65. The summed E-state index contributed by atoms with van der Waals surface area (Å²) < 4.78 is 0. The van der Waals surface area contributed by atoms with Crippen molar-refractivity contribution in [2.24, 2.45) is 0 Å². The smallest absolute Gasteiger partial charge is 0.283 e. The van der Waals surface area contributed by atoms with Gasteiger partial charge in [0, 0.05) is 6.42 Å². The maximum atomic E-state index is 10.2. The molecule has 1 amide bonds. The molecule has 0 rings (SSSR count). The van der Waals surface area contributed by atoms with Crippen molar-refractivity contribution in [2.75, 3.05) is 0 Å². The quantitative estimate of drug-likeness (QED) is 0.519. The van der Waals surface area contributed by atoms with Crippen molar-refractivity contribution in [1.82, 2.24) is 5.32 Å². The summed E-state index contributed by atoms with van der Waals surface area (Å²) in [5.41, 5.74) is 0. The zero-order valence-electron chi connectivity index (χ0n) is 4.43. The molecule has 0 aliphatic rings. The Morgan fingerprint density at radius 3 is 2.38 bits per heavy atom. The lowest BCUT2D eigenvalue weighted by atomic mass is 10.5. The monoisotopic (exact) mass is 132 g/mol. The molecule has 0 atom stereocenters. The fourth-order valence-electron chi connectivity index (χ4n) is 0.202. The van der Waals surface area contributed by atoms with E-state index in [1.807, 2.05) is 5.32 Å². The van der Waals surface area contributed by atoms with Gasteiger partial charge in [-0.05, 0) is 12.2 Å². The molecule has 0 saturated heterocycles. The predicted molar refractivity (Wildman–Crippen MR) is 31.7 cm³/mol. The first-order valence-electron chi connectivity index (χ1n) is 2.17. The standard InChI is InChI=1S/C4H6NO2S/c1-2-3(6)5-4(7)8/h2H2,1H3,(H,5,6,8). The summed E-state index contributed by atoms with van der Waals surface area (Å²) in [4.78, 5) is 10.2. The molecule has 0 heterocycles. The van der Waals surface area contributed by atoms with Crippen LogP contribution in [0.2, 0.25) is 0 Å². The van der Waals surface area contributed by atoms with Gasteiger partial charge >= 0.3 is 5.17 Å². The van der Waals surface area contributed by atoms with E-state index < -0.39 is 5.17 Å². The third-order valence-corrected chi connectivity index (χ3v) is 0.665. The van der Waals surface area contributed by atoms with E-state index in [0.29, 0.717) is 6.42 Å². The summed E-state index contributed by atoms with van der Waals surface area (Å²) in [6.45, 7) is 1.65. The highest BCUT2D eigenvalue weighted by atomic mass is 32.1. The van der Waals surface area contributed by atoms with Crippen molar-refractivity contribution in [3.05, 3.63) is 0 Å². The van der Waals surface area contributed by atoms with Crippen LogP contribution in [0.25, 0.3) is 0 Å².